The van der Waals surface area contributed by atoms with Gasteiger partial charge in [0.25, 0.3) is 5.91 Å². The summed E-state index contributed by atoms with van der Waals surface area (Å²) in [6.07, 6.45) is 0. The van der Waals surface area contributed by atoms with Crippen LogP contribution in [0, 0.1) is 6.92 Å². The van der Waals surface area contributed by atoms with Gasteiger partial charge in [0, 0.05) is 42.4 Å². The molecule has 5 rings (SSSR count). The number of anilines is 2. The van der Waals surface area contributed by atoms with Gasteiger partial charge in [0.1, 0.15) is 11.3 Å². The molecule has 2 N–H and O–H groups in total. The third-order valence-corrected chi connectivity index (χ3v) is 6.53. The lowest BCUT2D eigenvalue weighted by Gasteiger charge is -2.19. The van der Waals surface area contributed by atoms with Gasteiger partial charge < -0.3 is 20.0 Å². The van der Waals surface area contributed by atoms with Crippen LogP contribution in [-0.2, 0) is 4.79 Å². The molecule has 0 aliphatic carbocycles. The summed E-state index contributed by atoms with van der Waals surface area (Å²) in [7, 11) is 3.49. The minimum Gasteiger partial charge on any atom is -0.455 e. The Labute approximate surface area is 221 Å². The number of nitrogens with zero attached hydrogens (tertiary/aromatic N) is 1. The molecule has 6 heteroatoms. The number of benzene rings is 4. The molecule has 38 heavy (non-hydrogen) atoms. The predicted molar refractivity (Wildman–Crippen MR) is 154 cm³/mol. The minimum atomic E-state index is -0.236. The second-order valence-corrected chi connectivity index (χ2v) is 9.25. The number of para-hydroxylation sites is 1. The maximum atomic E-state index is 13.1. The SMILES string of the molecule is CNC(=O)c1c(-c2ccc(C)cc2)oc2cc(NC(=O)CN(C)c3ccccc3)c(-c3ccccc3)cc12. The molecule has 0 unspecified atom stereocenters. The fraction of sp³-hybridized carbons (Fsp3) is 0.125. The third-order valence-electron chi connectivity index (χ3n) is 6.53. The summed E-state index contributed by atoms with van der Waals surface area (Å²) >= 11 is 0. The van der Waals surface area contributed by atoms with E-state index in [1.54, 1.807) is 7.05 Å². The van der Waals surface area contributed by atoms with Gasteiger partial charge in [-0.15, -0.1) is 0 Å². The van der Waals surface area contributed by atoms with E-state index in [1.807, 2.05) is 116 Å². The largest absolute Gasteiger partial charge is 0.455 e. The van der Waals surface area contributed by atoms with Crippen molar-refractivity contribution in [1.29, 1.82) is 0 Å². The number of hydrogen-bond donors (Lipinski definition) is 2. The lowest BCUT2D eigenvalue weighted by Crippen LogP contribution is -2.30. The van der Waals surface area contributed by atoms with Crippen LogP contribution in [0.1, 0.15) is 15.9 Å². The van der Waals surface area contributed by atoms with Gasteiger partial charge in [-0.25, -0.2) is 0 Å². The third kappa shape index (κ3) is 5.02. The summed E-state index contributed by atoms with van der Waals surface area (Å²) < 4.78 is 6.29. The van der Waals surface area contributed by atoms with Gasteiger partial charge in [0.15, 0.2) is 0 Å². The smallest absolute Gasteiger partial charge is 0.255 e. The second kappa shape index (κ2) is 10.6. The van der Waals surface area contributed by atoms with Crippen molar-refractivity contribution in [2.45, 2.75) is 6.92 Å². The summed E-state index contributed by atoms with van der Waals surface area (Å²) in [5.41, 5.74) is 6.19. The molecule has 0 atom stereocenters. The summed E-state index contributed by atoms with van der Waals surface area (Å²) in [4.78, 5) is 28.1. The minimum absolute atomic E-state index is 0.162. The molecule has 6 nitrogen and oxygen atoms in total. The number of likely N-dealkylation sites (N-methyl/N-ethyl adjacent to an activating group) is 1. The number of nitrogens with one attached hydrogen (secondary N) is 2. The zero-order valence-corrected chi connectivity index (χ0v) is 21.6. The van der Waals surface area contributed by atoms with Crippen molar-refractivity contribution in [3.8, 4) is 22.5 Å². The molecule has 1 heterocycles. The molecule has 0 aliphatic rings. The van der Waals surface area contributed by atoms with Crippen LogP contribution < -0.4 is 15.5 Å². The molecule has 5 aromatic rings. The van der Waals surface area contributed by atoms with Crippen LogP contribution >= 0.6 is 0 Å². The Morgan fingerprint density at radius 3 is 2.16 bits per heavy atom. The van der Waals surface area contributed by atoms with E-state index in [1.165, 1.54) is 0 Å². The van der Waals surface area contributed by atoms with Crippen molar-refractivity contribution < 1.29 is 14.0 Å². The first-order valence-corrected chi connectivity index (χ1v) is 12.5. The average Bonchev–Trinajstić information content (AvgIpc) is 3.31. The Morgan fingerprint density at radius 1 is 0.842 bits per heavy atom. The van der Waals surface area contributed by atoms with E-state index in [4.69, 9.17) is 4.42 Å². The fourth-order valence-electron chi connectivity index (χ4n) is 4.54. The molecule has 1 aromatic heterocycles. The van der Waals surface area contributed by atoms with E-state index in [-0.39, 0.29) is 18.4 Å². The number of furan rings is 1. The Bertz CT molecular complexity index is 1590. The lowest BCUT2D eigenvalue weighted by atomic mass is 9.98. The van der Waals surface area contributed by atoms with Crippen LogP contribution in [0.25, 0.3) is 33.4 Å². The highest BCUT2D eigenvalue weighted by atomic mass is 16.3. The number of rotatable bonds is 7. The molecule has 0 spiro atoms. The first-order chi connectivity index (χ1) is 18.4. The van der Waals surface area contributed by atoms with Crippen LogP contribution in [-0.4, -0.2) is 32.5 Å². The van der Waals surface area contributed by atoms with E-state index in [2.05, 4.69) is 10.6 Å². The molecule has 0 fully saturated rings. The van der Waals surface area contributed by atoms with Gasteiger partial charge >= 0.3 is 0 Å². The number of amides is 2. The lowest BCUT2D eigenvalue weighted by molar-refractivity contribution is -0.114. The second-order valence-electron chi connectivity index (χ2n) is 9.25. The Kier molecular flexibility index (Phi) is 6.96. The van der Waals surface area contributed by atoms with Crippen LogP contribution in [0.4, 0.5) is 11.4 Å². The van der Waals surface area contributed by atoms with Gasteiger partial charge in [-0.2, -0.15) is 0 Å². The van der Waals surface area contributed by atoms with Gasteiger partial charge in [0.2, 0.25) is 5.91 Å². The summed E-state index contributed by atoms with van der Waals surface area (Å²) in [5, 5.41) is 6.51. The monoisotopic (exact) mass is 503 g/mol. The number of hydrogen-bond acceptors (Lipinski definition) is 4. The highest BCUT2D eigenvalue weighted by molar-refractivity contribution is 6.13. The normalized spacial score (nSPS) is 10.8. The molecular formula is C32H29N3O3. The number of carbonyl (C=O) groups is 2. The summed E-state index contributed by atoms with van der Waals surface area (Å²) in [5.74, 6) is 0.0926. The first-order valence-electron chi connectivity index (χ1n) is 12.5. The van der Waals surface area contributed by atoms with Crippen LogP contribution in [0.5, 0.6) is 0 Å². The van der Waals surface area contributed by atoms with Crippen LogP contribution in [0.15, 0.2) is 101 Å². The van der Waals surface area contributed by atoms with E-state index in [0.717, 1.165) is 27.9 Å². The Hall–Kier alpha value is -4.84. The molecule has 2 amide bonds. The van der Waals surface area contributed by atoms with Gasteiger partial charge in [-0.3, -0.25) is 9.59 Å². The number of fused-ring (bicyclic) bond motifs is 1. The molecule has 4 aromatic carbocycles. The Balaban J connectivity index is 1.61. The molecule has 190 valence electrons. The summed E-state index contributed by atoms with van der Waals surface area (Å²) in [6.45, 7) is 2.19. The van der Waals surface area contributed by atoms with Crippen molar-refractivity contribution in [3.63, 3.8) is 0 Å². The van der Waals surface area contributed by atoms with Crippen LogP contribution in [0.3, 0.4) is 0 Å². The summed E-state index contributed by atoms with van der Waals surface area (Å²) in [6, 6.07) is 31.1. The van der Waals surface area contributed by atoms with Gasteiger partial charge in [-0.05, 0) is 30.7 Å². The van der Waals surface area contributed by atoms with Gasteiger partial charge in [-0.1, -0.05) is 78.4 Å². The van der Waals surface area contributed by atoms with Crippen molar-refractivity contribution >= 4 is 34.2 Å². The maximum Gasteiger partial charge on any atom is 0.255 e. The van der Waals surface area contributed by atoms with Crippen molar-refractivity contribution in [3.05, 3.63) is 108 Å². The average molecular weight is 504 g/mol. The predicted octanol–water partition coefficient (Wildman–Crippen LogP) is 6.51. The quantitative estimate of drug-likeness (QED) is 0.266. The molecular weight excluding hydrogens is 474 g/mol. The van der Waals surface area contributed by atoms with Crippen molar-refractivity contribution in [2.24, 2.45) is 0 Å². The fourth-order valence-corrected chi connectivity index (χ4v) is 4.54. The number of aryl methyl sites for hydroxylation is 1. The zero-order chi connectivity index (χ0) is 26.6. The molecule has 0 aliphatic heterocycles. The molecule has 0 saturated heterocycles. The van der Waals surface area contributed by atoms with E-state index < -0.39 is 0 Å². The van der Waals surface area contributed by atoms with Crippen molar-refractivity contribution in [2.75, 3.05) is 30.9 Å². The molecule has 0 saturated carbocycles. The van der Waals surface area contributed by atoms with Crippen molar-refractivity contribution in [1.82, 2.24) is 5.32 Å². The number of carbonyl (C=O) groups excluding carboxylic acids is 2. The highest BCUT2D eigenvalue weighted by Crippen LogP contribution is 2.39. The van der Waals surface area contributed by atoms with Crippen LogP contribution in [0.2, 0.25) is 0 Å². The van der Waals surface area contributed by atoms with E-state index in [0.29, 0.717) is 28.0 Å². The first kappa shape index (κ1) is 24.8. The highest BCUT2D eigenvalue weighted by Gasteiger charge is 2.24. The van der Waals surface area contributed by atoms with E-state index in [9.17, 15) is 9.59 Å². The molecule has 0 bridgehead atoms. The Morgan fingerprint density at radius 2 is 1.50 bits per heavy atom. The molecule has 0 radical (unpaired) electrons. The zero-order valence-electron chi connectivity index (χ0n) is 21.6. The standard InChI is InChI=1S/C32H29N3O3/c1-21-14-16-23(17-15-21)31-30(32(37)33-2)26-18-25(22-10-6-4-7-11-22)27(19-28(26)38-31)34-29(36)20-35(3)24-12-8-5-9-13-24/h4-19H,20H2,1-3H3,(H,33,37)(H,34,36). The van der Waals surface area contributed by atoms with Gasteiger partial charge in [0.05, 0.1) is 17.8 Å². The maximum absolute atomic E-state index is 13.1. The van der Waals surface area contributed by atoms with E-state index >= 15 is 0 Å². The topological polar surface area (TPSA) is 74.6 Å².